The van der Waals surface area contributed by atoms with E-state index in [1.807, 2.05) is 0 Å². The normalized spacial score (nSPS) is 8.42. The number of hydrogen-bond donors (Lipinski definition) is 0. The van der Waals surface area contributed by atoms with Crippen LogP contribution in [0, 0.1) is 0 Å². The van der Waals surface area contributed by atoms with Crippen molar-refractivity contribution in [3.8, 4) is 0 Å². The van der Waals surface area contributed by atoms with E-state index < -0.39 is 23.9 Å². The summed E-state index contributed by atoms with van der Waals surface area (Å²) in [6.07, 6.45) is 0. The summed E-state index contributed by atoms with van der Waals surface area (Å²) in [5, 5.41) is 1.15. The van der Waals surface area contributed by atoms with Crippen LogP contribution in [0.2, 0.25) is 0 Å². The van der Waals surface area contributed by atoms with Gasteiger partial charge in [-0.3, -0.25) is 19.2 Å². The van der Waals surface area contributed by atoms with Crippen LogP contribution in [0.5, 0.6) is 0 Å². The Bertz CT molecular complexity index is 328. The van der Waals surface area contributed by atoms with E-state index >= 15 is 0 Å². The van der Waals surface area contributed by atoms with Gasteiger partial charge in [0.1, 0.15) is 0 Å². The van der Waals surface area contributed by atoms with Crippen molar-refractivity contribution >= 4 is 127 Å². The molecule has 0 aromatic heterocycles. The van der Waals surface area contributed by atoms with Crippen molar-refractivity contribution in [3.05, 3.63) is 0 Å². The minimum atomic E-state index is -0.724. The van der Waals surface area contributed by atoms with Gasteiger partial charge in [0, 0.05) is 141 Å². The first kappa shape index (κ1) is 36.0. The Hall–Kier alpha value is 0.993. The average Bonchev–Trinajstić information content (AvgIpc) is 2.22. The molecule has 0 heterocycles. The van der Waals surface area contributed by atoms with Gasteiger partial charge in [-0.25, -0.2) is 0 Å². The minimum absolute atomic E-state index is 0. The molecular formula is C10H20K2N2O10. The molecule has 0 aliphatic carbocycles. The first-order valence-corrected chi connectivity index (χ1v) is 5.50. The van der Waals surface area contributed by atoms with Gasteiger partial charge in [-0.05, 0) is 0 Å². The van der Waals surface area contributed by atoms with Gasteiger partial charge in [0.2, 0.25) is 0 Å². The van der Waals surface area contributed by atoms with Crippen LogP contribution < -0.4 is 0 Å². The van der Waals surface area contributed by atoms with Gasteiger partial charge in [-0.15, -0.1) is 0 Å². The maximum Gasteiger partial charge on any atom is 0.326 e. The van der Waals surface area contributed by atoms with Crippen molar-refractivity contribution < 1.29 is 49.5 Å². The van der Waals surface area contributed by atoms with Crippen LogP contribution in [-0.4, -0.2) is 161 Å². The molecule has 132 valence electrons. The second-order valence-corrected chi connectivity index (χ2v) is 3.44. The zero-order valence-corrected chi connectivity index (χ0v) is 20.8. The molecule has 0 aliphatic heterocycles. The molecule has 24 heavy (non-hydrogen) atoms. The zero-order valence-electron chi connectivity index (χ0n) is 14.6. The van der Waals surface area contributed by atoms with E-state index in [4.69, 9.17) is 0 Å². The van der Waals surface area contributed by atoms with E-state index in [1.54, 1.807) is 0 Å². The Kier molecular flexibility index (Phi) is 30.5. The summed E-state index contributed by atoms with van der Waals surface area (Å²) in [6, 6.07) is 0. The number of nitrogens with zero attached hydrogens (tertiary/aromatic N) is 2. The fourth-order valence-corrected chi connectivity index (χ4v) is 0.957. The molecule has 12 nitrogen and oxygen atoms in total. The molecule has 0 rings (SSSR count). The second kappa shape index (κ2) is 20.3. The van der Waals surface area contributed by atoms with Gasteiger partial charge in [0.05, 0.1) is 13.1 Å². The second-order valence-electron chi connectivity index (χ2n) is 3.44. The van der Waals surface area contributed by atoms with Crippen LogP contribution in [0.4, 0.5) is 0 Å². The van der Waals surface area contributed by atoms with Crippen LogP contribution in [0.25, 0.3) is 0 Å². The number of carbonyl (C=O) groups excluding carboxylic acids is 4. The molecule has 0 amide bonds. The van der Waals surface area contributed by atoms with Crippen LogP contribution >= 0.6 is 0 Å². The molecule has 4 N–H and O–H groups in total. The Morgan fingerprint density at radius 3 is 0.875 bits per heavy atom. The van der Waals surface area contributed by atoms with E-state index in [-0.39, 0.29) is 127 Å². The molecular weight excluding hydrogens is 386 g/mol. The van der Waals surface area contributed by atoms with Crippen LogP contribution in [0.1, 0.15) is 27.7 Å². The van der Waals surface area contributed by atoms with Crippen molar-refractivity contribution in [2.75, 3.05) is 13.1 Å². The number of hydrogen-bond acceptors (Lipinski definition) is 10. The third kappa shape index (κ3) is 23.0. The molecule has 2 radical (unpaired) electrons. The molecule has 0 aliphatic rings. The predicted molar refractivity (Wildman–Crippen MR) is 79.2 cm³/mol. The van der Waals surface area contributed by atoms with E-state index in [0.29, 0.717) is 10.5 Å². The molecule has 0 fully saturated rings. The molecule has 0 aromatic carbocycles. The number of rotatable bonds is 7. The molecule has 0 saturated carbocycles. The van der Waals surface area contributed by atoms with Crippen molar-refractivity contribution in [1.82, 2.24) is 10.5 Å². The van der Waals surface area contributed by atoms with Gasteiger partial charge in [0.25, 0.3) is 0 Å². The van der Waals surface area contributed by atoms with Crippen molar-refractivity contribution in [2.45, 2.75) is 27.7 Å². The molecule has 14 heteroatoms. The van der Waals surface area contributed by atoms with Gasteiger partial charge >= 0.3 is 23.9 Å². The van der Waals surface area contributed by atoms with Crippen LogP contribution in [-0.2, 0) is 38.5 Å². The summed E-state index contributed by atoms with van der Waals surface area (Å²) in [5.41, 5.74) is 0. The van der Waals surface area contributed by atoms with E-state index in [2.05, 4.69) is 19.4 Å². The fraction of sp³-hybridized carbons (Fsp3) is 0.600. The third-order valence-corrected chi connectivity index (χ3v) is 1.39. The molecule has 0 saturated heterocycles. The summed E-state index contributed by atoms with van der Waals surface area (Å²) >= 11 is 0. The first-order valence-electron chi connectivity index (χ1n) is 5.50. The Morgan fingerprint density at radius 1 is 0.583 bits per heavy atom. The van der Waals surface area contributed by atoms with E-state index in [0.717, 1.165) is 27.7 Å². The smallest absolute Gasteiger partial charge is 0.326 e. The molecule has 0 aromatic rings. The topological polar surface area (TPSA) is 175 Å². The predicted octanol–water partition coefficient (Wildman–Crippen LogP) is -2.91. The summed E-state index contributed by atoms with van der Waals surface area (Å²) in [7, 11) is 0. The van der Waals surface area contributed by atoms with Gasteiger partial charge in [-0.1, -0.05) is 0 Å². The van der Waals surface area contributed by atoms with Crippen LogP contribution in [0.15, 0.2) is 0 Å². The number of carbonyl (C=O) groups is 4. The zero-order chi connectivity index (χ0) is 15.7. The standard InChI is InChI=1S/C10H16N2O8.2K.2H2O/c1-7(13)17-11(18-8(2)14)5-6-12(19-9(3)15)20-10(4)16;;;;/h5-6H2,1-4H3;;;2*1H2. The van der Waals surface area contributed by atoms with Crippen LogP contribution in [0.3, 0.4) is 0 Å². The summed E-state index contributed by atoms with van der Waals surface area (Å²) in [6.45, 7) is 3.97. The number of hydroxylamine groups is 4. The molecule has 0 bridgehead atoms. The van der Waals surface area contributed by atoms with E-state index in [9.17, 15) is 19.2 Å². The van der Waals surface area contributed by atoms with Crippen molar-refractivity contribution in [1.29, 1.82) is 0 Å². The van der Waals surface area contributed by atoms with Gasteiger partial charge < -0.3 is 30.3 Å². The average molecular weight is 406 g/mol. The Morgan fingerprint density at radius 2 is 0.750 bits per heavy atom. The van der Waals surface area contributed by atoms with Gasteiger partial charge in [-0.2, -0.15) is 0 Å². The first-order chi connectivity index (χ1) is 9.20. The fourth-order valence-electron chi connectivity index (χ4n) is 0.957. The molecule has 0 atom stereocenters. The molecule has 0 unspecified atom stereocenters. The minimum Gasteiger partial charge on any atom is -0.412 e. The molecule has 0 spiro atoms. The Balaban J connectivity index is -0.000000301. The quantitative estimate of drug-likeness (QED) is 0.315. The largest absolute Gasteiger partial charge is 0.412 e. The van der Waals surface area contributed by atoms with Crippen molar-refractivity contribution in [3.63, 3.8) is 0 Å². The SMILES string of the molecule is CC(=O)ON(CCN(OC(C)=O)OC(C)=O)OC(C)=O.O.O.[K].[K]. The Labute approximate surface area is 223 Å². The maximum atomic E-state index is 10.8. The van der Waals surface area contributed by atoms with Crippen molar-refractivity contribution in [2.24, 2.45) is 0 Å². The summed E-state index contributed by atoms with van der Waals surface area (Å²) < 4.78 is 0. The van der Waals surface area contributed by atoms with E-state index in [1.165, 1.54) is 0 Å². The monoisotopic (exact) mass is 406 g/mol. The summed E-state index contributed by atoms with van der Waals surface area (Å²) in [5.74, 6) is -2.90. The maximum absolute atomic E-state index is 10.8. The summed E-state index contributed by atoms with van der Waals surface area (Å²) in [4.78, 5) is 61.4. The third-order valence-electron chi connectivity index (χ3n) is 1.39. The van der Waals surface area contributed by atoms with Gasteiger partial charge in [0.15, 0.2) is 0 Å².